The molecule has 0 fully saturated rings. The van der Waals surface area contributed by atoms with Crippen molar-refractivity contribution in [3.8, 4) is 18.1 Å². The van der Waals surface area contributed by atoms with Crippen molar-refractivity contribution in [3.05, 3.63) is 28.2 Å². The van der Waals surface area contributed by atoms with Crippen LogP contribution in [0.4, 0.5) is 0 Å². The van der Waals surface area contributed by atoms with E-state index in [1.165, 1.54) is 0 Å². The summed E-state index contributed by atoms with van der Waals surface area (Å²) in [7, 11) is 0. The summed E-state index contributed by atoms with van der Waals surface area (Å²) in [6.45, 7) is 1.78. The Morgan fingerprint density at radius 2 is 2.36 bits per heavy atom. The van der Waals surface area contributed by atoms with E-state index in [-0.39, 0.29) is 6.10 Å². The van der Waals surface area contributed by atoms with Crippen LogP contribution in [0, 0.1) is 12.3 Å². The molecule has 72 valence electrons. The lowest BCUT2D eigenvalue weighted by Crippen LogP contribution is -2.08. The highest BCUT2D eigenvalue weighted by atomic mass is 79.9. The molecule has 0 aliphatic rings. The third-order valence-corrected chi connectivity index (χ3v) is 2.25. The van der Waals surface area contributed by atoms with Gasteiger partial charge in [-0.05, 0) is 41.1 Å². The maximum absolute atomic E-state index is 10.5. The highest BCUT2D eigenvalue weighted by molar-refractivity contribution is 9.10. The van der Waals surface area contributed by atoms with Gasteiger partial charge in [-0.1, -0.05) is 5.92 Å². The predicted molar refractivity (Wildman–Crippen MR) is 58.5 cm³/mol. The van der Waals surface area contributed by atoms with Crippen molar-refractivity contribution >= 4 is 22.2 Å². The van der Waals surface area contributed by atoms with Gasteiger partial charge in [-0.2, -0.15) is 0 Å². The van der Waals surface area contributed by atoms with Gasteiger partial charge in [0.05, 0.1) is 4.47 Å². The van der Waals surface area contributed by atoms with Crippen molar-refractivity contribution in [2.24, 2.45) is 0 Å². The molecule has 0 saturated heterocycles. The van der Waals surface area contributed by atoms with Crippen LogP contribution in [0.3, 0.4) is 0 Å². The van der Waals surface area contributed by atoms with E-state index in [1.54, 1.807) is 25.1 Å². The zero-order valence-electron chi connectivity index (χ0n) is 7.66. The molecule has 0 aliphatic carbocycles. The molecule has 0 spiro atoms. The summed E-state index contributed by atoms with van der Waals surface area (Å²) < 4.78 is 6.12. The standard InChI is InChI=1S/C11H9BrO2/c1-3-8(2)14-11-5-4-9(7-13)6-10(11)12/h1,4-8H,2H3. The van der Waals surface area contributed by atoms with Gasteiger partial charge in [0.2, 0.25) is 0 Å². The molecule has 1 rings (SSSR count). The molecule has 1 unspecified atom stereocenters. The quantitative estimate of drug-likeness (QED) is 0.611. The SMILES string of the molecule is C#CC(C)Oc1ccc(C=O)cc1Br. The number of terminal acetylenes is 1. The van der Waals surface area contributed by atoms with Gasteiger partial charge in [-0.3, -0.25) is 4.79 Å². The van der Waals surface area contributed by atoms with Crippen LogP contribution in [0.2, 0.25) is 0 Å². The van der Waals surface area contributed by atoms with Crippen LogP contribution in [0.1, 0.15) is 17.3 Å². The molecule has 0 heterocycles. The van der Waals surface area contributed by atoms with Gasteiger partial charge >= 0.3 is 0 Å². The average molecular weight is 253 g/mol. The minimum Gasteiger partial charge on any atom is -0.477 e. The minimum absolute atomic E-state index is 0.284. The van der Waals surface area contributed by atoms with E-state index in [4.69, 9.17) is 11.2 Å². The Bertz CT molecular complexity index is 379. The summed E-state index contributed by atoms with van der Waals surface area (Å²) in [6.07, 6.45) is 5.67. The van der Waals surface area contributed by atoms with E-state index in [1.807, 2.05) is 0 Å². The molecule has 0 aliphatic heterocycles. The zero-order valence-corrected chi connectivity index (χ0v) is 9.24. The third-order valence-electron chi connectivity index (χ3n) is 1.63. The van der Waals surface area contributed by atoms with E-state index in [0.717, 1.165) is 10.8 Å². The van der Waals surface area contributed by atoms with E-state index in [0.29, 0.717) is 11.3 Å². The van der Waals surface area contributed by atoms with Gasteiger partial charge in [-0.25, -0.2) is 0 Å². The molecular formula is C11H9BrO2. The first-order valence-electron chi connectivity index (χ1n) is 4.05. The monoisotopic (exact) mass is 252 g/mol. The number of ether oxygens (including phenoxy) is 1. The molecule has 1 aromatic carbocycles. The Balaban J connectivity index is 2.90. The number of aldehydes is 1. The molecule has 2 nitrogen and oxygen atoms in total. The van der Waals surface area contributed by atoms with Crippen LogP contribution in [0.5, 0.6) is 5.75 Å². The number of hydrogen-bond acceptors (Lipinski definition) is 2. The first-order valence-corrected chi connectivity index (χ1v) is 4.84. The number of rotatable bonds is 3. The minimum atomic E-state index is -0.284. The molecule has 3 heteroatoms. The summed E-state index contributed by atoms with van der Waals surface area (Å²) in [6, 6.07) is 5.07. The molecule has 1 aromatic rings. The molecule has 1 atom stereocenters. The van der Waals surface area contributed by atoms with Crippen molar-refractivity contribution in [1.82, 2.24) is 0 Å². The van der Waals surface area contributed by atoms with Crippen LogP contribution in [-0.4, -0.2) is 12.4 Å². The van der Waals surface area contributed by atoms with Crippen LogP contribution in [0.25, 0.3) is 0 Å². The van der Waals surface area contributed by atoms with Gasteiger partial charge in [0, 0.05) is 5.56 Å². The van der Waals surface area contributed by atoms with Crippen LogP contribution in [-0.2, 0) is 0 Å². The lowest BCUT2D eigenvalue weighted by molar-refractivity contribution is 0.112. The predicted octanol–water partition coefficient (Wildman–Crippen LogP) is 2.66. The Morgan fingerprint density at radius 1 is 1.64 bits per heavy atom. The van der Waals surface area contributed by atoms with Gasteiger partial charge in [0.15, 0.2) is 6.10 Å². The van der Waals surface area contributed by atoms with Crippen molar-refractivity contribution in [2.45, 2.75) is 13.0 Å². The largest absolute Gasteiger partial charge is 0.477 e. The van der Waals surface area contributed by atoms with E-state index in [9.17, 15) is 4.79 Å². The van der Waals surface area contributed by atoms with Crippen molar-refractivity contribution in [1.29, 1.82) is 0 Å². The lowest BCUT2D eigenvalue weighted by Gasteiger charge is -2.10. The molecule has 0 amide bonds. The third kappa shape index (κ3) is 2.61. The van der Waals surface area contributed by atoms with Gasteiger partial charge in [0.25, 0.3) is 0 Å². The number of hydrogen-bond donors (Lipinski definition) is 0. The molecule has 0 N–H and O–H groups in total. The maximum Gasteiger partial charge on any atom is 0.156 e. The Kier molecular flexibility index (Phi) is 3.73. The summed E-state index contributed by atoms with van der Waals surface area (Å²) in [4.78, 5) is 10.5. The molecule has 0 aromatic heterocycles. The van der Waals surface area contributed by atoms with Crippen LogP contribution < -0.4 is 4.74 Å². The van der Waals surface area contributed by atoms with E-state index >= 15 is 0 Å². The van der Waals surface area contributed by atoms with Crippen LogP contribution >= 0.6 is 15.9 Å². The fraction of sp³-hybridized carbons (Fsp3) is 0.182. The molecule has 0 radical (unpaired) electrons. The number of carbonyl (C=O) groups excluding carboxylic acids is 1. The van der Waals surface area contributed by atoms with Crippen molar-refractivity contribution < 1.29 is 9.53 Å². The summed E-state index contributed by atoms with van der Waals surface area (Å²) in [5, 5.41) is 0. The summed E-state index contributed by atoms with van der Waals surface area (Å²) in [5.41, 5.74) is 0.595. The smallest absolute Gasteiger partial charge is 0.156 e. The Hall–Kier alpha value is -1.27. The topological polar surface area (TPSA) is 26.3 Å². The first kappa shape index (κ1) is 10.8. The van der Waals surface area contributed by atoms with Crippen LogP contribution in [0.15, 0.2) is 22.7 Å². The van der Waals surface area contributed by atoms with Gasteiger partial charge in [-0.15, -0.1) is 6.42 Å². The Labute approximate surface area is 91.4 Å². The second-order valence-electron chi connectivity index (χ2n) is 2.73. The van der Waals surface area contributed by atoms with E-state index < -0.39 is 0 Å². The molecule has 0 saturated carbocycles. The highest BCUT2D eigenvalue weighted by Crippen LogP contribution is 2.26. The average Bonchev–Trinajstić information content (AvgIpc) is 2.20. The highest BCUT2D eigenvalue weighted by Gasteiger charge is 2.04. The lowest BCUT2D eigenvalue weighted by atomic mass is 10.2. The Morgan fingerprint density at radius 3 is 2.86 bits per heavy atom. The molecular weight excluding hydrogens is 244 g/mol. The molecule has 14 heavy (non-hydrogen) atoms. The number of benzene rings is 1. The molecule has 0 bridgehead atoms. The van der Waals surface area contributed by atoms with Gasteiger partial charge in [0.1, 0.15) is 12.0 Å². The maximum atomic E-state index is 10.5. The zero-order chi connectivity index (χ0) is 10.6. The normalized spacial score (nSPS) is 11.5. The van der Waals surface area contributed by atoms with Gasteiger partial charge < -0.3 is 4.74 Å². The second-order valence-corrected chi connectivity index (χ2v) is 3.59. The summed E-state index contributed by atoms with van der Waals surface area (Å²) >= 11 is 3.29. The summed E-state index contributed by atoms with van der Waals surface area (Å²) in [5.74, 6) is 3.10. The fourth-order valence-corrected chi connectivity index (χ4v) is 1.40. The van der Waals surface area contributed by atoms with Crippen molar-refractivity contribution in [3.63, 3.8) is 0 Å². The number of halogens is 1. The fourth-order valence-electron chi connectivity index (χ4n) is 0.910. The van der Waals surface area contributed by atoms with Crippen molar-refractivity contribution in [2.75, 3.05) is 0 Å². The first-order chi connectivity index (χ1) is 6.67. The number of carbonyl (C=O) groups is 1. The van der Waals surface area contributed by atoms with E-state index in [2.05, 4.69) is 21.9 Å². The second kappa shape index (κ2) is 4.83.